The average molecular weight is 285 g/mol. The summed E-state index contributed by atoms with van der Waals surface area (Å²) in [6.45, 7) is 5.45. The van der Waals surface area contributed by atoms with Crippen LogP contribution in [0.25, 0.3) is 0 Å². The molecule has 1 aromatic heterocycles. The molecule has 0 aliphatic rings. The summed E-state index contributed by atoms with van der Waals surface area (Å²) in [5, 5.41) is 14.9. The van der Waals surface area contributed by atoms with Crippen LogP contribution in [0.3, 0.4) is 0 Å². The number of urea groups is 1. The van der Waals surface area contributed by atoms with Crippen LogP contribution in [-0.2, 0) is 0 Å². The third-order valence-corrected chi connectivity index (χ3v) is 3.12. The Balaban J connectivity index is 2.01. The van der Waals surface area contributed by atoms with E-state index in [1.807, 2.05) is 26.0 Å². The van der Waals surface area contributed by atoms with Crippen LogP contribution in [-0.4, -0.2) is 16.1 Å². The topological polar surface area (TPSA) is 74.2 Å². The monoisotopic (exact) mass is 285 g/mol. The third kappa shape index (κ3) is 4.03. The molecule has 0 aliphatic heterocycles. The number of rotatable bonds is 3. The summed E-state index contributed by atoms with van der Waals surface area (Å²) < 4.78 is 0. The molecule has 0 fully saturated rings. The fraction of sp³-hybridized carbons (Fsp3) is 0.250. The lowest BCUT2D eigenvalue weighted by atomic mass is 10.1. The number of pyridine rings is 1. The molecule has 1 heterocycles. The van der Waals surface area contributed by atoms with E-state index in [1.54, 1.807) is 31.2 Å². The van der Waals surface area contributed by atoms with Gasteiger partial charge in [0.25, 0.3) is 0 Å². The van der Waals surface area contributed by atoms with Gasteiger partial charge in [-0.05, 0) is 50.6 Å². The minimum atomic E-state index is -0.519. The van der Waals surface area contributed by atoms with Gasteiger partial charge in [-0.1, -0.05) is 12.1 Å². The Bertz CT molecular complexity index is 636. The van der Waals surface area contributed by atoms with E-state index in [1.165, 1.54) is 0 Å². The summed E-state index contributed by atoms with van der Waals surface area (Å²) in [4.78, 5) is 16.2. The van der Waals surface area contributed by atoms with E-state index in [2.05, 4.69) is 15.6 Å². The van der Waals surface area contributed by atoms with Gasteiger partial charge in [-0.3, -0.25) is 4.98 Å². The highest BCUT2D eigenvalue weighted by molar-refractivity contribution is 6.00. The Morgan fingerprint density at radius 1 is 1.10 bits per heavy atom. The number of carbonyl (C=O) groups is 1. The van der Waals surface area contributed by atoms with Gasteiger partial charge in [0.2, 0.25) is 0 Å². The molecule has 110 valence electrons. The van der Waals surface area contributed by atoms with Crippen LogP contribution in [0.4, 0.5) is 16.2 Å². The number of aromatic nitrogens is 1. The van der Waals surface area contributed by atoms with Crippen molar-refractivity contribution in [2.75, 3.05) is 10.6 Å². The van der Waals surface area contributed by atoms with Crippen molar-refractivity contribution >= 4 is 17.4 Å². The maximum Gasteiger partial charge on any atom is 0.323 e. The lowest BCUT2D eigenvalue weighted by Gasteiger charge is -2.11. The summed E-state index contributed by atoms with van der Waals surface area (Å²) in [6.07, 6.45) is -0.519. The highest BCUT2D eigenvalue weighted by Crippen LogP contribution is 2.17. The van der Waals surface area contributed by atoms with Crippen molar-refractivity contribution in [2.24, 2.45) is 0 Å². The maximum atomic E-state index is 11.9. The second-order valence-electron chi connectivity index (χ2n) is 4.96. The van der Waals surface area contributed by atoms with Gasteiger partial charge < -0.3 is 15.7 Å². The second kappa shape index (κ2) is 6.37. The van der Waals surface area contributed by atoms with E-state index in [0.717, 1.165) is 17.0 Å². The first-order valence-electron chi connectivity index (χ1n) is 6.76. The highest BCUT2D eigenvalue weighted by Gasteiger charge is 2.06. The number of carbonyl (C=O) groups excluding carboxylic acids is 1. The molecule has 1 unspecified atom stereocenters. The number of nitrogens with one attached hydrogen (secondary N) is 2. The molecule has 0 bridgehead atoms. The summed E-state index contributed by atoms with van der Waals surface area (Å²) in [7, 11) is 0. The number of aliphatic hydroxyl groups is 1. The maximum absolute atomic E-state index is 11.9. The summed E-state index contributed by atoms with van der Waals surface area (Å²) in [5.41, 5.74) is 3.83. The van der Waals surface area contributed by atoms with Crippen molar-refractivity contribution in [3.8, 4) is 0 Å². The van der Waals surface area contributed by atoms with Gasteiger partial charge in [0.15, 0.2) is 0 Å². The normalized spacial score (nSPS) is 11.8. The zero-order chi connectivity index (χ0) is 15.4. The molecule has 5 heteroatoms. The van der Waals surface area contributed by atoms with Crippen molar-refractivity contribution in [1.29, 1.82) is 0 Å². The number of aliphatic hydroxyl groups excluding tert-OH is 1. The number of nitrogens with zero attached hydrogens (tertiary/aromatic N) is 1. The van der Waals surface area contributed by atoms with Crippen LogP contribution in [0, 0.1) is 13.8 Å². The zero-order valence-corrected chi connectivity index (χ0v) is 12.3. The molecular weight excluding hydrogens is 266 g/mol. The zero-order valence-electron chi connectivity index (χ0n) is 12.3. The lowest BCUT2D eigenvalue weighted by molar-refractivity contribution is 0.199. The number of hydrogen-bond acceptors (Lipinski definition) is 3. The van der Waals surface area contributed by atoms with E-state index in [9.17, 15) is 9.90 Å². The van der Waals surface area contributed by atoms with Crippen molar-refractivity contribution in [3.63, 3.8) is 0 Å². The van der Waals surface area contributed by atoms with E-state index in [-0.39, 0.29) is 6.03 Å². The lowest BCUT2D eigenvalue weighted by Crippen LogP contribution is -2.20. The second-order valence-corrected chi connectivity index (χ2v) is 4.96. The van der Waals surface area contributed by atoms with E-state index in [4.69, 9.17) is 0 Å². The minimum Gasteiger partial charge on any atom is -0.389 e. The van der Waals surface area contributed by atoms with Crippen LogP contribution >= 0.6 is 0 Å². The van der Waals surface area contributed by atoms with Crippen LogP contribution in [0.15, 0.2) is 36.4 Å². The fourth-order valence-electron chi connectivity index (χ4n) is 1.95. The molecule has 1 atom stereocenters. The predicted octanol–water partition coefficient (Wildman–Crippen LogP) is 3.40. The largest absolute Gasteiger partial charge is 0.389 e. The van der Waals surface area contributed by atoms with E-state index in [0.29, 0.717) is 11.4 Å². The third-order valence-electron chi connectivity index (χ3n) is 3.12. The summed E-state index contributed by atoms with van der Waals surface area (Å²) in [5.74, 6) is 0. The van der Waals surface area contributed by atoms with Crippen molar-refractivity contribution in [1.82, 2.24) is 4.98 Å². The summed E-state index contributed by atoms with van der Waals surface area (Å²) in [6, 6.07) is 10.4. The van der Waals surface area contributed by atoms with Gasteiger partial charge in [-0.2, -0.15) is 0 Å². The first kappa shape index (κ1) is 15.0. The molecule has 21 heavy (non-hydrogen) atoms. The van der Waals surface area contributed by atoms with Crippen molar-refractivity contribution in [3.05, 3.63) is 53.3 Å². The Kier molecular flexibility index (Phi) is 4.55. The Hall–Kier alpha value is -2.40. The standard InChI is InChI=1S/C16H19N3O2/c1-10-4-9-15(11(2)17-10)19-16(21)18-14-7-5-13(6-8-14)12(3)20/h4-9,12,20H,1-3H3,(H2,18,19,21). The molecule has 0 radical (unpaired) electrons. The van der Waals surface area contributed by atoms with Gasteiger partial charge in [0.05, 0.1) is 17.5 Å². The molecule has 2 amide bonds. The first-order valence-corrected chi connectivity index (χ1v) is 6.76. The van der Waals surface area contributed by atoms with E-state index < -0.39 is 6.10 Å². The number of hydrogen-bond donors (Lipinski definition) is 3. The Morgan fingerprint density at radius 3 is 2.33 bits per heavy atom. The van der Waals surface area contributed by atoms with Crippen LogP contribution < -0.4 is 10.6 Å². The molecule has 0 aliphatic carbocycles. The van der Waals surface area contributed by atoms with Gasteiger partial charge in [-0.25, -0.2) is 4.79 Å². The molecule has 2 aromatic rings. The number of aryl methyl sites for hydroxylation is 2. The molecular formula is C16H19N3O2. The Labute approximate surface area is 124 Å². The Morgan fingerprint density at radius 2 is 1.76 bits per heavy atom. The molecule has 0 saturated heterocycles. The van der Waals surface area contributed by atoms with Gasteiger partial charge in [0, 0.05) is 11.4 Å². The SMILES string of the molecule is Cc1ccc(NC(=O)Nc2ccc(C(C)O)cc2)c(C)n1. The smallest absolute Gasteiger partial charge is 0.323 e. The van der Waals surface area contributed by atoms with Crippen LogP contribution in [0.1, 0.15) is 30.0 Å². The molecule has 2 rings (SSSR count). The fourth-order valence-corrected chi connectivity index (χ4v) is 1.95. The molecule has 0 saturated carbocycles. The van der Waals surface area contributed by atoms with Crippen LogP contribution in [0.5, 0.6) is 0 Å². The molecule has 5 nitrogen and oxygen atoms in total. The molecule has 0 spiro atoms. The van der Waals surface area contributed by atoms with E-state index >= 15 is 0 Å². The minimum absolute atomic E-state index is 0.325. The van der Waals surface area contributed by atoms with Crippen molar-refractivity contribution < 1.29 is 9.90 Å². The average Bonchev–Trinajstić information content (AvgIpc) is 2.42. The van der Waals surface area contributed by atoms with Crippen molar-refractivity contribution in [2.45, 2.75) is 26.9 Å². The quantitative estimate of drug-likeness (QED) is 0.809. The summed E-state index contributed by atoms with van der Waals surface area (Å²) >= 11 is 0. The van der Waals surface area contributed by atoms with Gasteiger partial charge in [-0.15, -0.1) is 0 Å². The number of amides is 2. The molecule has 1 aromatic carbocycles. The number of anilines is 2. The van der Waals surface area contributed by atoms with Gasteiger partial charge in [0.1, 0.15) is 0 Å². The molecule has 3 N–H and O–H groups in total. The van der Waals surface area contributed by atoms with Gasteiger partial charge >= 0.3 is 6.03 Å². The first-order chi connectivity index (χ1) is 9.95. The highest BCUT2D eigenvalue weighted by atomic mass is 16.3. The predicted molar refractivity (Wildman–Crippen MR) is 83.4 cm³/mol. The van der Waals surface area contributed by atoms with Crippen LogP contribution in [0.2, 0.25) is 0 Å². The number of benzene rings is 1.